The van der Waals surface area contributed by atoms with Crippen LogP contribution in [0.3, 0.4) is 0 Å². The first-order valence-electron chi connectivity index (χ1n) is 10.1. The summed E-state index contributed by atoms with van der Waals surface area (Å²) >= 11 is 1.25. The number of nitrogens with one attached hydrogen (secondary N) is 1. The van der Waals surface area contributed by atoms with Crippen LogP contribution in [0.1, 0.15) is 16.9 Å². The average molecular weight is 444 g/mol. The maximum Gasteiger partial charge on any atom is 0.265 e. The number of carbonyl (C=O) groups is 2. The highest BCUT2D eigenvalue weighted by Gasteiger charge is 2.40. The van der Waals surface area contributed by atoms with E-state index in [-0.39, 0.29) is 18.0 Å². The van der Waals surface area contributed by atoms with E-state index < -0.39 is 11.2 Å². The predicted octanol–water partition coefficient (Wildman–Crippen LogP) is 4.33. The Balaban J connectivity index is 1.66. The minimum absolute atomic E-state index is 0.0924. The van der Waals surface area contributed by atoms with Crippen molar-refractivity contribution in [3.05, 3.63) is 100 Å². The molecule has 160 valence electrons. The third-order valence-corrected chi connectivity index (χ3v) is 6.33. The van der Waals surface area contributed by atoms with Gasteiger partial charge < -0.3 is 9.73 Å². The molecule has 7 heteroatoms. The van der Waals surface area contributed by atoms with E-state index in [0.717, 1.165) is 11.1 Å². The van der Waals surface area contributed by atoms with Crippen molar-refractivity contribution in [2.45, 2.75) is 25.1 Å². The number of rotatable bonds is 6. The van der Waals surface area contributed by atoms with Crippen molar-refractivity contribution in [2.75, 3.05) is 4.90 Å². The molecule has 0 bridgehead atoms. The predicted molar refractivity (Wildman–Crippen MR) is 123 cm³/mol. The SMILES string of the molecule is Cc1ccc(C[C@@H]2S/C(=C(\C#N)C(=O)NCc3ccco3)N(c3ccccc3)C2=O)cc1. The molecule has 2 aromatic carbocycles. The van der Waals surface area contributed by atoms with Crippen LogP contribution in [0.25, 0.3) is 0 Å². The van der Waals surface area contributed by atoms with Crippen molar-refractivity contribution in [1.29, 1.82) is 5.26 Å². The molecule has 0 unspecified atom stereocenters. The number of amides is 2. The van der Waals surface area contributed by atoms with Crippen LogP contribution < -0.4 is 10.2 Å². The van der Waals surface area contributed by atoms with E-state index in [0.29, 0.717) is 22.9 Å². The Kier molecular flexibility index (Phi) is 6.43. The van der Waals surface area contributed by atoms with E-state index in [4.69, 9.17) is 4.42 Å². The summed E-state index contributed by atoms with van der Waals surface area (Å²) < 4.78 is 5.24. The first-order chi connectivity index (χ1) is 15.6. The highest BCUT2D eigenvalue weighted by atomic mass is 32.2. The zero-order chi connectivity index (χ0) is 22.5. The van der Waals surface area contributed by atoms with Gasteiger partial charge in [-0.25, -0.2) is 0 Å². The summed E-state index contributed by atoms with van der Waals surface area (Å²) in [6.45, 7) is 2.17. The lowest BCUT2D eigenvalue weighted by atomic mass is 10.1. The molecule has 3 aromatic rings. The van der Waals surface area contributed by atoms with Crippen LogP contribution in [-0.4, -0.2) is 17.1 Å². The van der Waals surface area contributed by atoms with Gasteiger partial charge in [-0.05, 0) is 43.2 Å². The van der Waals surface area contributed by atoms with Gasteiger partial charge in [-0.3, -0.25) is 14.5 Å². The number of nitriles is 1. The van der Waals surface area contributed by atoms with Gasteiger partial charge in [0.25, 0.3) is 5.91 Å². The molecule has 1 fully saturated rings. The molecule has 32 heavy (non-hydrogen) atoms. The molecule has 0 radical (unpaired) electrons. The van der Waals surface area contributed by atoms with E-state index in [9.17, 15) is 14.9 Å². The maximum absolute atomic E-state index is 13.4. The Hall–Kier alpha value is -3.76. The summed E-state index contributed by atoms with van der Waals surface area (Å²) in [7, 11) is 0. The number of para-hydroxylation sites is 1. The molecule has 2 heterocycles. The molecule has 1 saturated heterocycles. The summed E-state index contributed by atoms with van der Waals surface area (Å²) in [5, 5.41) is 12.4. The second-order valence-corrected chi connectivity index (χ2v) is 8.55. The lowest BCUT2D eigenvalue weighted by molar-refractivity contribution is -0.117. The van der Waals surface area contributed by atoms with Crippen LogP contribution in [0, 0.1) is 18.3 Å². The minimum Gasteiger partial charge on any atom is -0.467 e. The zero-order valence-electron chi connectivity index (χ0n) is 17.4. The quantitative estimate of drug-likeness (QED) is 0.453. The van der Waals surface area contributed by atoms with Crippen LogP contribution in [0.15, 0.2) is 88.0 Å². The summed E-state index contributed by atoms with van der Waals surface area (Å²) in [5.74, 6) is -0.118. The molecule has 0 aliphatic carbocycles. The topological polar surface area (TPSA) is 86.3 Å². The number of anilines is 1. The molecule has 1 aromatic heterocycles. The normalized spacial score (nSPS) is 17.2. The van der Waals surface area contributed by atoms with E-state index in [1.54, 1.807) is 24.3 Å². The molecule has 1 aliphatic rings. The number of hydrogen-bond acceptors (Lipinski definition) is 5. The molecule has 4 rings (SSSR count). The number of nitrogens with zero attached hydrogens (tertiary/aromatic N) is 2. The van der Waals surface area contributed by atoms with Gasteiger partial charge in [0.15, 0.2) is 0 Å². The van der Waals surface area contributed by atoms with Gasteiger partial charge >= 0.3 is 0 Å². The molecule has 0 saturated carbocycles. The number of hydrogen-bond donors (Lipinski definition) is 1. The monoisotopic (exact) mass is 443 g/mol. The number of thioether (sulfide) groups is 1. The Morgan fingerprint density at radius 1 is 1.12 bits per heavy atom. The Bertz CT molecular complexity index is 1180. The van der Waals surface area contributed by atoms with Crippen LogP contribution >= 0.6 is 11.8 Å². The molecular formula is C25H21N3O3S. The Morgan fingerprint density at radius 3 is 2.53 bits per heavy atom. The molecule has 6 nitrogen and oxygen atoms in total. The van der Waals surface area contributed by atoms with Crippen molar-refractivity contribution in [3.8, 4) is 6.07 Å². The largest absolute Gasteiger partial charge is 0.467 e. The lowest BCUT2D eigenvalue weighted by Gasteiger charge is -2.18. The van der Waals surface area contributed by atoms with Gasteiger partial charge in [0.1, 0.15) is 22.4 Å². The van der Waals surface area contributed by atoms with Gasteiger partial charge in [0.2, 0.25) is 5.91 Å². The standard InChI is InChI=1S/C25H21N3O3S/c1-17-9-11-18(12-10-17)14-22-24(30)28(19-6-3-2-4-7-19)25(32-22)21(15-26)23(29)27-16-20-8-5-13-31-20/h2-13,22H,14,16H2,1H3,(H,27,29)/b25-21+/t22-/m0/s1. The number of aryl methyl sites for hydroxylation is 1. The molecule has 1 N–H and O–H groups in total. The second-order valence-electron chi connectivity index (χ2n) is 7.36. The first kappa shape index (κ1) is 21.5. The fraction of sp³-hybridized carbons (Fsp3) is 0.160. The van der Waals surface area contributed by atoms with E-state index in [2.05, 4.69) is 5.32 Å². The Morgan fingerprint density at radius 2 is 1.88 bits per heavy atom. The second kappa shape index (κ2) is 9.58. The fourth-order valence-electron chi connectivity index (χ4n) is 3.41. The number of benzene rings is 2. The molecule has 0 spiro atoms. The van der Waals surface area contributed by atoms with Crippen molar-refractivity contribution in [1.82, 2.24) is 5.32 Å². The summed E-state index contributed by atoms with van der Waals surface area (Å²) in [6.07, 6.45) is 2.02. The summed E-state index contributed by atoms with van der Waals surface area (Å²) in [4.78, 5) is 27.7. The van der Waals surface area contributed by atoms with Gasteiger partial charge in [0, 0.05) is 5.69 Å². The fourth-order valence-corrected chi connectivity index (χ4v) is 4.71. The average Bonchev–Trinajstić information content (AvgIpc) is 3.43. The highest BCUT2D eigenvalue weighted by Crippen LogP contribution is 2.41. The minimum atomic E-state index is -0.545. The Labute approximate surface area is 190 Å². The summed E-state index contributed by atoms with van der Waals surface area (Å²) in [5.41, 5.74) is 2.70. The van der Waals surface area contributed by atoms with E-state index in [1.165, 1.54) is 22.9 Å². The molecular weight excluding hydrogens is 422 g/mol. The summed E-state index contributed by atoms with van der Waals surface area (Å²) in [6, 6.07) is 22.6. The first-order valence-corrected chi connectivity index (χ1v) is 11.0. The van der Waals surface area contributed by atoms with Crippen molar-refractivity contribution in [3.63, 3.8) is 0 Å². The maximum atomic E-state index is 13.4. The third-order valence-electron chi connectivity index (χ3n) is 5.06. The molecule has 1 aliphatic heterocycles. The van der Waals surface area contributed by atoms with Gasteiger partial charge in [-0.1, -0.05) is 59.8 Å². The molecule has 1 atom stereocenters. The molecule has 2 amide bonds. The van der Waals surface area contributed by atoms with Crippen molar-refractivity contribution in [2.24, 2.45) is 0 Å². The van der Waals surface area contributed by atoms with Crippen molar-refractivity contribution < 1.29 is 14.0 Å². The van der Waals surface area contributed by atoms with Crippen molar-refractivity contribution >= 4 is 29.3 Å². The van der Waals surface area contributed by atoms with E-state index in [1.807, 2.05) is 55.5 Å². The van der Waals surface area contributed by atoms with Crippen LogP contribution in [0.5, 0.6) is 0 Å². The van der Waals surface area contributed by atoms with Crippen LogP contribution in [0.2, 0.25) is 0 Å². The van der Waals surface area contributed by atoms with Gasteiger partial charge in [-0.2, -0.15) is 5.26 Å². The van der Waals surface area contributed by atoms with Crippen LogP contribution in [-0.2, 0) is 22.6 Å². The number of furan rings is 1. The van der Waals surface area contributed by atoms with Gasteiger partial charge in [0.05, 0.1) is 18.1 Å². The number of carbonyl (C=O) groups excluding carboxylic acids is 2. The zero-order valence-corrected chi connectivity index (χ0v) is 18.3. The van der Waals surface area contributed by atoms with Crippen LogP contribution in [0.4, 0.5) is 5.69 Å². The highest BCUT2D eigenvalue weighted by molar-refractivity contribution is 8.05. The van der Waals surface area contributed by atoms with Gasteiger partial charge in [-0.15, -0.1) is 0 Å². The smallest absolute Gasteiger partial charge is 0.265 e. The lowest BCUT2D eigenvalue weighted by Crippen LogP contribution is -2.32. The van der Waals surface area contributed by atoms with E-state index >= 15 is 0 Å². The third kappa shape index (κ3) is 4.61.